The standard InChI is InChI=1S/C18H28N2O2/c1-2-3-10-19-18(22)17-5-4-11-20(13-17)12-15-6-8-16(14-21)9-7-15/h6-9,17,21H,2-5,10-14H2,1H3,(H,19,22). The highest BCUT2D eigenvalue weighted by Gasteiger charge is 2.25. The van der Waals surface area contributed by atoms with Gasteiger partial charge in [0.25, 0.3) is 0 Å². The van der Waals surface area contributed by atoms with E-state index in [2.05, 4.69) is 29.3 Å². The number of nitrogens with zero attached hydrogens (tertiary/aromatic N) is 1. The number of hydrogen-bond donors (Lipinski definition) is 2. The van der Waals surface area contributed by atoms with Gasteiger partial charge in [0.2, 0.25) is 5.91 Å². The lowest BCUT2D eigenvalue weighted by molar-refractivity contribution is -0.126. The second kappa shape index (κ2) is 8.91. The summed E-state index contributed by atoms with van der Waals surface area (Å²) >= 11 is 0. The maximum Gasteiger partial charge on any atom is 0.224 e. The first-order valence-corrected chi connectivity index (χ1v) is 8.41. The quantitative estimate of drug-likeness (QED) is 0.760. The smallest absolute Gasteiger partial charge is 0.224 e. The van der Waals surface area contributed by atoms with Crippen LogP contribution in [0.25, 0.3) is 0 Å². The number of likely N-dealkylation sites (tertiary alicyclic amines) is 1. The number of amides is 1. The highest BCUT2D eigenvalue weighted by molar-refractivity contribution is 5.78. The monoisotopic (exact) mass is 304 g/mol. The first-order valence-electron chi connectivity index (χ1n) is 8.41. The summed E-state index contributed by atoms with van der Waals surface area (Å²) in [7, 11) is 0. The van der Waals surface area contributed by atoms with E-state index in [1.54, 1.807) is 0 Å². The molecule has 0 spiro atoms. The number of aliphatic hydroxyl groups is 1. The van der Waals surface area contributed by atoms with Crippen molar-refractivity contribution in [3.05, 3.63) is 35.4 Å². The maximum absolute atomic E-state index is 12.2. The van der Waals surface area contributed by atoms with Gasteiger partial charge in [-0.25, -0.2) is 0 Å². The molecule has 1 unspecified atom stereocenters. The van der Waals surface area contributed by atoms with Crippen LogP contribution in [0.15, 0.2) is 24.3 Å². The van der Waals surface area contributed by atoms with E-state index in [1.807, 2.05) is 12.1 Å². The van der Waals surface area contributed by atoms with Gasteiger partial charge in [0, 0.05) is 19.6 Å². The molecule has 1 aliphatic heterocycles. The first-order chi connectivity index (χ1) is 10.7. The van der Waals surface area contributed by atoms with Crippen molar-refractivity contribution >= 4 is 5.91 Å². The van der Waals surface area contributed by atoms with Crippen molar-refractivity contribution in [2.24, 2.45) is 5.92 Å². The van der Waals surface area contributed by atoms with Gasteiger partial charge in [-0.3, -0.25) is 9.69 Å². The highest BCUT2D eigenvalue weighted by atomic mass is 16.3. The van der Waals surface area contributed by atoms with E-state index in [-0.39, 0.29) is 18.4 Å². The average molecular weight is 304 g/mol. The number of benzene rings is 1. The summed E-state index contributed by atoms with van der Waals surface area (Å²) in [6.45, 7) is 5.81. The van der Waals surface area contributed by atoms with Gasteiger partial charge >= 0.3 is 0 Å². The molecular weight excluding hydrogens is 276 g/mol. The zero-order chi connectivity index (χ0) is 15.8. The minimum atomic E-state index is 0.0873. The van der Waals surface area contributed by atoms with Crippen LogP contribution in [0.3, 0.4) is 0 Å². The largest absolute Gasteiger partial charge is 0.392 e. The molecule has 1 heterocycles. The van der Waals surface area contributed by atoms with Gasteiger partial charge in [-0.1, -0.05) is 37.6 Å². The number of hydrogen-bond acceptors (Lipinski definition) is 3. The molecule has 0 bridgehead atoms. The summed E-state index contributed by atoms with van der Waals surface area (Å²) in [6.07, 6.45) is 4.25. The van der Waals surface area contributed by atoms with Gasteiger partial charge in [-0.2, -0.15) is 0 Å². The third-order valence-electron chi connectivity index (χ3n) is 4.32. The Morgan fingerprint density at radius 3 is 2.73 bits per heavy atom. The van der Waals surface area contributed by atoms with Crippen LogP contribution in [0.5, 0.6) is 0 Å². The molecule has 2 N–H and O–H groups in total. The number of carbonyl (C=O) groups excluding carboxylic acids is 1. The van der Waals surface area contributed by atoms with Crippen LogP contribution >= 0.6 is 0 Å². The van der Waals surface area contributed by atoms with Crippen molar-refractivity contribution in [1.29, 1.82) is 0 Å². The number of unbranched alkanes of at least 4 members (excludes halogenated alkanes) is 1. The van der Waals surface area contributed by atoms with Crippen LogP contribution in [0, 0.1) is 5.92 Å². The Morgan fingerprint density at radius 2 is 2.05 bits per heavy atom. The molecule has 1 aliphatic rings. The fraction of sp³-hybridized carbons (Fsp3) is 0.611. The maximum atomic E-state index is 12.2. The summed E-state index contributed by atoms with van der Waals surface area (Å²) in [4.78, 5) is 14.6. The summed E-state index contributed by atoms with van der Waals surface area (Å²) in [6, 6.07) is 8.06. The molecule has 2 rings (SSSR count). The van der Waals surface area contributed by atoms with Gasteiger partial charge in [0.05, 0.1) is 12.5 Å². The van der Waals surface area contributed by atoms with Crippen LogP contribution in [-0.4, -0.2) is 35.5 Å². The lowest BCUT2D eigenvalue weighted by Gasteiger charge is -2.32. The van der Waals surface area contributed by atoms with Gasteiger partial charge in [0.1, 0.15) is 0 Å². The molecule has 4 heteroatoms. The van der Waals surface area contributed by atoms with E-state index in [4.69, 9.17) is 5.11 Å². The molecule has 1 amide bonds. The molecule has 1 fully saturated rings. The second-order valence-electron chi connectivity index (χ2n) is 6.19. The molecule has 1 saturated heterocycles. The zero-order valence-electron chi connectivity index (χ0n) is 13.6. The van der Waals surface area contributed by atoms with Crippen LogP contribution < -0.4 is 5.32 Å². The number of carbonyl (C=O) groups is 1. The number of nitrogens with one attached hydrogen (secondary N) is 1. The van der Waals surface area contributed by atoms with E-state index in [9.17, 15) is 4.79 Å². The van der Waals surface area contributed by atoms with Crippen molar-refractivity contribution in [3.63, 3.8) is 0 Å². The van der Waals surface area contributed by atoms with Gasteiger partial charge < -0.3 is 10.4 Å². The number of rotatable bonds is 7. The molecule has 22 heavy (non-hydrogen) atoms. The van der Waals surface area contributed by atoms with E-state index >= 15 is 0 Å². The van der Waals surface area contributed by atoms with Crippen LogP contribution in [0.1, 0.15) is 43.7 Å². The van der Waals surface area contributed by atoms with E-state index in [0.29, 0.717) is 0 Å². The molecule has 1 aromatic rings. The Labute approximate surface area is 133 Å². The topological polar surface area (TPSA) is 52.6 Å². The average Bonchev–Trinajstić information content (AvgIpc) is 2.56. The second-order valence-corrected chi connectivity index (χ2v) is 6.19. The van der Waals surface area contributed by atoms with Gasteiger partial charge in [0.15, 0.2) is 0 Å². The van der Waals surface area contributed by atoms with Crippen LogP contribution in [0.2, 0.25) is 0 Å². The van der Waals surface area contributed by atoms with Gasteiger partial charge in [-0.15, -0.1) is 0 Å². The summed E-state index contributed by atoms with van der Waals surface area (Å²) in [5.41, 5.74) is 2.18. The van der Waals surface area contributed by atoms with Crippen LogP contribution in [0.4, 0.5) is 0 Å². The SMILES string of the molecule is CCCCNC(=O)C1CCCN(Cc2ccc(CO)cc2)C1. The lowest BCUT2D eigenvalue weighted by atomic mass is 9.96. The van der Waals surface area contributed by atoms with E-state index in [1.165, 1.54) is 5.56 Å². The van der Waals surface area contributed by atoms with E-state index in [0.717, 1.165) is 57.4 Å². The first kappa shape index (κ1) is 17.0. The summed E-state index contributed by atoms with van der Waals surface area (Å²) in [5, 5.41) is 12.1. The fourth-order valence-corrected chi connectivity index (χ4v) is 2.95. The molecule has 0 aliphatic carbocycles. The molecule has 1 atom stereocenters. The number of aliphatic hydroxyl groups excluding tert-OH is 1. The fourth-order valence-electron chi connectivity index (χ4n) is 2.95. The summed E-state index contributed by atoms with van der Waals surface area (Å²) < 4.78 is 0. The predicted octanol–water partition coefficient (Wildman–Crippen LogP) is 2.31. The minimum Gasteiger partial charge on any atom is -0.392 e. The highest BCUT2D eigenvalue weighted by Crippen LogP contribution is 2.19. The van der Waals surface area contributed by atoms with Gasteiger partial charge in [-0.05, 0) is 36.9 Å². The Kier molecular flexibility index (Phi) is 6.87. The van der Waals surface area contributed by atoms with Crippen LogP contribution in [-0.2, 0) is 17.9 Å². The van der Waals surface area contributed by atoms with E-state index < -0.39 is 0 Å². The Hall–Kier alpha value is -1.39. The molecule has 4 nitrogen and oxygen atoms in total. The third kappa shape index (κ3) is 5.11. The predicted molar refractivity (Wildman–Crippen MR) is 88.3 cm³/mol. The van der Waals surface area contributed by atoms with Crippen molar-refractivity contribution in [2.75, 3.05) is 19.6 Å². The minimum absolute atomic E-state index is 0.0873. The van der Waals surface area contributed by atoms with Crippen molar-refractivity contribution in [3.8, 4) is 0 Å². The molecule has 0 aromatic heterocycles. The Balaban J connectivity index is 1.83. The third-order valence-corrected chi connectivity index (χ3v) is 4.32. The van der Waals surface area contributed by atoms with Crippen molar-refractivity contribution < 1.29 is 9.90 Å². The van der Waals surface area contributed by atoms with Crippen molar-refractivity contribution in [2.45, 2.75) is 45.8 Å². The molecule has 122 valence electrons. The summed E-state index contributed by atoms with van der Waals surface area (Å²) in [5.74, 6) is 0.344. The zero-order valence-corrected chi connectivity index (χ0v) is 13.6. The normalized spacial score (nSPS) is 19.1. The Bertz CT molecular complexity index is 459. The molecular formula is C18H28N2O2. The Morgan fingerprint density at radius 1 is 1.32 bits per heavy atom. The molecule has 0 radical (unpaired) electrons. The number of piperidine rings is 1. The lowest BCUT2D eigenvalue weighted by Crippen LogP contribution is -2.42. The molecule has 1 aromatic carbocycles. The van der Waals surface area contributed by atoms with Crippen molar-refractivity contribution in [1.82, 2.24) is 10.2 Å². The molecule has 0 saturated carbocycles.